The summed E-state index contributed by atoms with van der Waals surface area (Å²) in [6.07, 6.45) is -4.17. The maximum atomic E-state index is 11.8. The molecule has 0 unspecified atom stereocenters. The van der Waals surface area contributed by atoms with Crippen LogP contribution in [0.25, 0.3) is 0 Å². The van der Waals surface area contributed by atoms with Crippen molar-refractivity contribution >= 4 is 5.69 Å². The summed E-state index contributed by atoms with van der Waals surface area (Å²) in [5.74, 6) is 1.32. The van der Waals surface area contributed by atoms with E-state index in [0.717, 1.165) is 5.69 Å². The molecule has 0 spiro atoms. The molecule has 18 heavy (non-hydrogen) atoms. The fourth-order valence-electron chi connectivity index (χ4n) is 1.53. The molecule has 0 aromatic heterocycles. The Morgan fingerprint density at radius 1 is 1.11 bits per heavy atom. The molecule has 2 rings (SSSR count). The highest BCUT2D eigenvalue weighted by molar-refractivity contribution is 5.55. The normalized spacial score (nSPS) is 13.7. The number of hydrogen-bond acceptors (Lipinski definition) is 4. The molecule has 100 valence electrons. The van der Waals surface area contributed by atoms with Crippen molar-refractivity contribution in [2.75, 3.05) is 31.7 Å². The van der Waals surface area contributed by atoms with Gasteiger partial charge in [0.15, 0.2) is 11.5 Å². The quantitative estimate of drug-likeness (QED) is 0.796. The lowest BCUT2D eigenvalue weighted by molar-refractivity contribution is -0.124. The summed E-state index contributed by atoms with van der Waals surface area (Å²) in [5.41, 5.74) is 0.785. The van der Waals surface area contributed by atoms with E-state index in [-0.39, 0.29) is 13.3 Å². The van der Waals surface area contributed by atoms with Gasteiger partial charge in [-0.2, -0.15) is 13.2 Å². The van der Waals surface area contributed by atoms with E-state index >= 15 is 0 Å². The van der Waals surface area contributed by atoms with Crippen molar-refractivity contribution in [3.05, 3.63) is 18.2 Å². The summed E-state index contributed by atoms with van der Waals surface area (Å²) in [4.78, 5) is 0. The fourth-order valence-corrected chi connectivity index (χ4v) is 1.53. The van der Waals surface area contributed by atoms with Crippen LogP contribution in [0.1, 0.15) is 0 Å². The zero-order valence-electron chi connectivity index (χ0n) is 9.51. The van der Waals surface area contributed by atoms with E-state index in [1.807, 2.05) is 0 Å². The lowest BCUT2D eigenvalue weighted by Gasteiger charge is -2.10. The molecule has 1 heterocycles. The minimum Gasteiger partial charge on any atom is -0.454 e. The van der Waals surface area contributed by atoms with E-state index in [9.17, 15) is 13.2 Å². The maximum Gasteiger partial charge on any atom is 0.401 e. The molecule has 1 aliphatic heterocycles. The zero-order chi connectivity index (χ0) is 13.0. The van der Waals surface area contributed by atoms with Gasteiger partial charge < -0.3 is 20.1 Å². The Labute approximate surface area is 102 Å². The Bertz CT molecular complexity index is 410. The van der Waals surface area contributed by atoms with Crippen molar-refractivity contribution in [1.82, 2.24) is 5.32 Å². The second kappa shape index (κ2) is 5.34. The van der Waals surface area contributed by atoms with Gasteiger partial charge in [0.1, 0.15) is 0 Å². The Balaban J connectivity index is 1.71. The molecule has 1 aliphatic rings. The van der Waals surface area contributed by atoms with Crippen molar-refractivity contribution in [1.29, 1.82) is 0 Å². The van der Waals surface area contributed by atoms with Gasteiger partial charge in [0.2, 0.25) is 6.79 Å². The predicted molar refractivity (Wildman–Crippen MR) is 60.0 cm³/mol. The van der Waals surface area contributed by atoms with Gasteiger partial charge in [-0.1, -0.05) is 0 Å². The molecule has 2 N–H and O–H groups in total. The molecule has 0 atom stereocenters. The lowest BCUT2D eigenvalue weighted by Crippen LogP contribution is -2.32. The smallest absolute Gasteiger partial charge is 0.401 e. The first-order valence-corrected chi connectivity index (χ1v) is 5.45. The highest BCUT2D eigenvalue weighted by atomic mass is 19.4. The highest BCUT2D eigenvalue weighted by Crippen LogP contribution is 2.34. The van der Waals surface area contributed by atoms with Crippen molar-refractivity contribution < 1.29 is 22.6 Å². The second-order valence-electron chi connectivity index (χ2n) is 3.79. The molecule has 1 aromatic rings. The van der Waals surface area contributed by atoms with Gasteiger partial charge in [0.25, 0.3) is 0 Å². The Kier molecular flexibility index (Phi) is 3.81. The number of rotatable bonds is 5. The minimum atomic E-state index is -4.17. The van der Waals surface area contributed by atoms with Gasteiger partial charge in [-0.05, 0) is 12.1 Å². The van der Waals surface area contributed by atoms with E-state index in [2.05, 4.69) is 10.6 Å². The molecule has 0 aliphatic carbocycles. The number of ether oxygens (including phenoxy) is 2. The molecule has 7 heteroatoms. The number of halogens is 3. The molecule has 0 amide bonds. The van der Waals surface area contributed by atoms with Gasteiger partial charge >= 0.3 is 6.18 Å². The summed E-state index contributed by atoms with van der Waals surface area (Å²) < 4.78 is 45.9. The monoisotopic (exact) mass is 262 g/mol. The van der Waals surface area contributed by atoms with Crippen LogP contribution in [0.4, 0.5) is 18.9 Å². The van der Waals surface area contributed by atoms with Crippen LogP contribution >= 0.6 is 0 Å². The van der Waals surface area contributed by atoms with Crippen LogP contribution in [-0.4, -0.2) is 32.6 Å². The second-order valence-corrected chi connectivity index (χ2v) is 3.79. The molecule has 0 radical (unpaired) electrons. The van der Waals surface area contributed by atoms with E-state index in [0.29, 0.717) is 18.0 Å². The molecule has 4 nitrogen and oxygen atoms in total. The van der Waals surface area contributed by atoms with Crippen LogP contribution in [0, 0.1) is 0 Å². The summed E-state index contributed by atoms with van der Waals surface area (Å²) >= 11 is 0. The molecule has 0 bridgehead atoms. The van der Waals surface area contributed by atoms with Gasteiger partial charge in [-0.3, -0.25) is 0 Å². The first kappa shape index (κ1) is 12.8. The Morgan fingerprint density at radius 2 is 1.89 bits per heavy atom. The molecule has 1 aromatic carbocycles. The first-order valence-electron chi connectivity index (χ1n) is 5.45. The van der Waals surface area contributed by atoms with Crippen molar-refractivity contribution in [2.45, 2.75) is 6.18 Å². The van der Waals surface area contributed by atoms with E-state index in [1.165, 1.54) is 0 Å². The van der Waals surface area contributed by atoms with Gasteiger partial charge in [0.05, 0.1) is 6.54 Å². The highest BCUT2D eigenvalue weighted by Gasteiger charge is 2.25. The summed E-state index contributed by atoms with van der Waals surface area (Å²) in [6.45, 7) is -0.147. The average molecular weight is 262 g/mol. The number of anilines is 1. The van der Waals surface area contributed by atoms with E-state index in [1.54, 1.807) is 18.2 Å². The Morgan fingerprint density at radius 3 is 2.67 bits per heavy atom. The molecule has 0 saturated carbocycles. The van der Waals surface area contributed by atoms with Gasteiger partial charge in [-0.25, -0.2) is 0 Å². The van der Waals surface area contributed by atoms with Crippen LogP contribution in [0.5, 0.6) is 11.5 Å². The third kappa shape index (κ3) is 3.69. The number of alkyl halides is 3. The standard InChI is InChI=1S/C11H13F3N2O2/c12-11(13,14)6-15-3-4-16-8-1-2-9-10(5-8)18-7-17-9/h1-2,5,15-16H,3-4,6-7H2. The first-order chi connectivity index (χ1) is 8.54. The number of benzene rings is 1. The average Bonchev–Trinajstić information content (AvgIpc) is 2.74. The Hall–Kier alpha value is -1.63. The predicted octanol–water partition coefficient (Wildman–Crippen LogP) is 1.98. The molecule has 0 fully saturated rings. The van der Waals surface area contributed by atoms with Crippen molar-refractivity contribution in [3.8, 4) is 11.5 Å². The zero-order valence-corrected chi connectivity index (χ0v) is 9.51. The van der Waals surface area contributed by atoms with E-state index < -0.39 is 12.7 Å². The third-order valence-corrected chi connectivity index (χ3v) is 2.33. The molecular weight excluding hydrogens is 249 g/mol. The van der Waals surface area contributed by atoms with Crippen molar-refractivity contribution in [3.63, 3.8) is 0 Å². The largest absolute Gasteiger partial charge is 0.454 e. The SMILES string of the molecule is FC(F)(F)CNCCNc1ccc2c(c1)OCO2. The number of nitrogens with one attached hydrogen (secondary N) is 2. The summed E-state index contributed by atoms with van der Waals surface area (Å²) in [5, 5.41) is 5.30. The lowest BCUT2D eigenvalue weighted by atomic mass is 10.3. The number of fused-ring (bicyclic) bond motifs is 1. The van der Waals surface area contributed by atoms with Crippen LogP contribution in [0.15, 0.2) is 18.2 Å². The minimum absolute atomic E-state index is 0.200. The molecule has 0 saturated heterocycles. The number of hydrogen-bond donors (Lipinski definition) is 2. The maximum absolute atomic E-state index is 11.8. The third-order valence-electron chi connectivity index (χ3n) is 2.33. The van der Waals surface area contributed by atoms with Crippen LogP contribution in [0.3, 0.4) is 0 Å². The van der Waals surface area contributed by atoms with Gasteiger partial charge in [0, 0.05) is 24.8 Å². The van der Waals surface area contributed by atoms with Crippen LogP contribution < -0.4 is 20.1 Å². The van der Waals surface area contributed by atoms with Crippen LogP contribution in [-0.2, 0) is 0 Å². The van der Waals surface area contributed by atoms with Gasteiger partial charge in [-0.15, -0.1) is 0 Å². The summed E-state index contributed by atoms with van der Waals surface area (Å²) in [6, 6.07) is 5.30. The van der Waals surface area contributed by atoms with E-state index in [4.69, 9.17) is 9.47 Å². The van der Waals surface area contributed by atoms with Crippen molar-refractivity contribution in [2.24, 2.45) is 0 Å². The van der Waals surface area contributed by atoms with Crippen LogP contribution in [0.2, 0.25) is 0 Å². The topological polar surface area (TPSA) is 42.5 Å². The fraction of sp³-hybridized carbons (Fsp3) is 0.455. The summed E-state index contributed by atoms with van der Waals surface area (Å²) in [7, 11) is 0. The molecular formula is C11H13F3N2O2.